The van der Waals surface area contributed by atoms with Gasteiger partial charge in [-0.3, -0.25) is 0 Å². The highest BCUT2D eigenvalue weighted by Gasteiger charge is 2.26. The third-order valence-electron chi connectivity index (χ3n) is 1.07. The zero-order valence-corrected chi connectivity index (χ0v) is 9.07. The van der Waals surface area contributed by atoms with Crippen LogP contribution in [-0.2, 0) is 0 Å². The van der Waals surface area contributed by atoms with Gasteiger partial charge in [-0.05, 0) is 23.9 Å². The van der Waals surface area contributed by atoms with Gasteiger partial charge in [-0.25, -0.2) is 0 Å². The molecule has 0 aromatic rings. The molecule has 13 heavy (non-hydrogen) atoms. The van der Waals surface area contributed by atoms with Crippen LogP contribution in [-0.4, -0.2) is 22.8 Å². The van der Waals surface area contributed by atoms with Crippen LogP contribution in [0.3, 0.4) is 0 Å². The average Bonchev–Trinajstić information content (AvgIpc) is 2.01. The van der Waals surface area contributed by atoms with Gasteiger partial charge in [0.1, 0.15) is 0 Å². The molecule has 0 bridgehead atoms. The van der Waals surface area contributed by atoms with Gasteiger partial charge in [-0.2, -0.15) is 24.9 Å². The topological polar surface area (TPSA) is 0 Å². The van der Waals surface area contributed by atoms with Crippen molar-refractivity contribution in [2.45, 2.75) is 18.9 Å². The average molecular weight is 230 g/mol. The van der Waals surface area contributed by atoms with Crippen molar-refractivity contribution in [1.29, 1.82) is 0 Å². The fourth-order valence-corrected chi connectivity index (χ4v) is 1.72. The molecule has 0 aliphatic heterocycles. The lowest BCUT2D eigenvalue weighted by Crippen LogP contribution is -1.99. The lowest BCUT2D eigenvalue weighted by Gasteiger charge is -2.01. The molecular formula is C8H13F3S2. The lowest BCUT2D eigenvalue weighted by atomic mass is 10.6. The van der Waals surface area contributed by atoms with Crippen molar-refractivity contribution < 1.29 is 13.2 Å². The molecule has 0 amide bonds. The van der Waals surface area contributed by atoms with E-state index in [1.807, 2.05) is 0 Å². The predicted octanol–water partition coefficient (Wildman–Crippen LogP) is 3.94. The number of hydrogen-bond donors (Lipinski definition) is 0. The number of rotatable bonds is 6. The molecule has 0 aliphatic carbocycles. The molecule has 0 rings (SSSR count). The first kappa shape index (κ1) is 13.2. The van der Waals surface area contributed by atoms with E-state index in [0.29, 0.717) is 0 Å². The Labute approximate surface area is 85.3 Å². The fraction of sp³-hybridized carbons (Fsp3) is 0.750. The Morgan fingerprint density at radius 2 is 1.77 bits per heavy atom. The van der Waals surface area contributed by atoms with Gasteiger partial charge in [0.25, 0.3) is 0 Å². The SMILES string of the molecule is CCCSCC=CCSC(F)(F)F. The van der Waals surface area contributed by atoms with E-state index < -0.39 is 5.51 Å². The monoisotopic (exact) mass is 230 g/mol. The van der Waals surface area contributed by atoms with Gasteiger partial charge < -0.3 is 0 Å². The highest BCUT2D eigenvalue weighted by Crippen LogP contribution is 2.29. The molecule has 0 aliphatic rings. The van der Waals surface area contributed by atoms with E-state index >= 15 is 0 Å². The minimum absolute atomic E-state index is 0.00130. The van der Waals surface area contributed by atoms with Gasteiger partial charge in [0.2, 0.25) is 0 Å². The summed E-state index contributed by atoms with van der Waals surface area (Å²) in [6, 6.07) is 0. The van der Waals surface area contributed by atoms with Crippen LogP contribution < -0.4 is 0 Å². The van der Waals surface area contributed by atoms with Gasteiger partial charge in [0.05, 0.1) is 0 Å². The summed E-state index contributed by atoms with van der Waals surface area (Å²) in [7, 11) is 0. The normalized spacial score (nSPS) is 12.6. The maximum Gasteiger partial charge on any atom is 0.442 e. The second kappa shape index (κ2) is 7.62. The second-order valence-electron chi connectivity index (χ2n) is 2.30. The highest BCUT2D eigenvalue weighted by atomic mass is 32.2. The molecular weight excluding hydrogens is 217 g/mol. The second-order valence-corrected chi connectivity index (χ2v) is 4.54. The van der Waals surface area contributed by atoms with E-state index in [0.717, 1.165) is 17.9 Å². The van der Waals surface area contributed by atoms with Crippen molar-refractivity contribution in [3.8, 4) is 0 Å². The molecule has 0 spiro atoms. The van der Waals surface area contributed by atoms with Gasteiger partial charge in [0.15, 0.2) is 0 Å². The van der Waals surface area contributed by atoms with E-state index in [-0.39, 0.29) is 17.5 Å². The van der Waals surface area contributed by atoms with Crippen LogP contribution in [0.25, 0.3) is 0 Å². The van der Waals surface area contributed by atoms with Crippen LogP contribution in [0.2, 0.25) is 0 Å². The number of halogens is 3. The molecule has 0 saturated carbocycles. The molecule has 0 aromatic heterocycles. The molecule has 0 unspecified atom stereocenters. The summed E-state index contributed by atoms with van der Waals surface area (Å²) in [5.41, 5.74) is -4.10. The summed E-state index contributed by atoms with van der Waals surface area (Å²) in [5, 5.41) is 0. The Balaban J connectivity index is 3.22. The third-order valence-corrected chi connectivity index (χ3v) is 2.88. The standard InChI is InChI=1S/C8H13F3S2/c1-2-5-12-6-3-4-7-13-8(9,10)11/h3-4H,2,5-7H2,1H3. The minimum Gasteiger partial charge on any atom is -0.160 e. The molecule has 0 radical (unpaired) electrons. The number of thioether (sulfide) groups is 2. The smallest absolute Gasteiger partial charge is 0.160 e. The quantitative estimate of drug-likeness (QED) is 0.500. The van der Waals surface area contributed by atoms with Gasteiger partial charge >= 0.3 is 5.51 Å². The maximum absolute atomic E-state index is 11.6. The van der Waals surface area contributed by atoms with Crippen molar-refractivity contribution in [1.82, 2.24) is 0 Å². The first-order valence-corrected chi connectivity index (χ1v) is 6.13. The minimum atomic E-state index is -4.10. The van der Waals surface area contributed by atoms with Gasteiger partial charge in [0, 0.05) is 11.5 Å². The highest BCUT2D eigenvalue weighted by molar-refractivity contribution is 8.00. The first-order valence-electron chi connectivity index (χ1n) is 3.99. The summed E-state index contributed by atoms with van der Waals surface area (Å²) in [4.78, 5) is 0. The van der Waals surface area contributed by atoms with E-state index in [1.165, 1.54) is 0 Å². The third kappa shape index (κ3) is 12.2. The van der Waals surface area contributed by atoms with Crippen molar-refractivity contribution in [2.75, 3.05) is 17.3 Å². The molecule has 78 valence electrons. The Hall–Kier alpha value is 0.230. The van der Waals surface area contributed by atoms with E-state index in [9.17, 15) is 13.2 Å². The zero-order chi connectivity index (χ0) is 10.2. The van der Waals surface area contributed by atoms with Crippen LogP contribution in [0.5, 0.6) is 0 Å². The Morgan fingerprint density at radius 1 is 1.15 bits per heavy atom. The largest absolute Gasteiger partial charge is 0.442 e. The van der Waals surface area contributed by atoms with Gasteiger partial charge in [-0.15, -0.1) is 0 Å². The number of hydrogen-bond acceptors (Lipinski definition) is 2. The zero-order valence-electron chi connectivity index (χ0n) is 7.43. The molecule has 0 N–H and O–H groups in total. The van der Waals surface area contributed by atoms with Crippen molar-refractivity contribution in [3.05, 3.63) is 12.2 Å². The Morgan fingerprint density at radius 3 is 2.31 bits per heavy atom. The van der Waals surface area contributed by atoms with Crippen LogP contribution >= 0.6 is 23.5 Å². The molecule has 0 fully saturated rings. The molecule has 0 atom stereocenters. The summed E-state index contributed by atoms with van der Waals surface area (Å²) in [6.07, 6.45) is 4.47. The molecule has 0 aromatic carbocycles. The molecule has 0 saturated heterocycles. The molecule has 5 heteroatoms. The van der Waals surface area contributed by atoms with E-state index in [1.54, 1.807) is 23.9 Å². The Bertz CT molecular complexity index is 143. The molecule has 0 heterocycles. The van der Waals surface area contributed by atoms with E-state index in [2.05, 4.69) is 6.92 Å². The fourth-order valence-electron chi connectivity index (χ4n) is 0.574. The summed E-state index contributed by atoms with van der Waals surface area (Å²) in [5.74, 6) is 1.90. The molecule has 0 nitrogen and oxygen atoms in total. The van der Waals surface area contributed by atoms with Crippen molar-refractivity contribution >= 4 is 23.5 Å². The van der Waals surface area contributed by atoms with Crippen molar-refractivity contribution in [2.24, 2.45) is 0 Å². The summed E-state index contributed by atoms with van der Waals surface area (Å²) >= 11 is 1.74. The van der Waals surface area contributed by atoms with E-state index in [4.69, 9.17) is 0 Å². The summed E-state index contributed by atoms with van der Waals surface area (Å²) < 4.78 is 34.8. The van der Waals surface area contributed by atoms with Gasteiger partial charge in [-0.1, -0.05) is 19.1 Å². The van der Waals surface area contributed by atoms with Crippen molar-refractivity contribution in [3.63, 3.8) is 0 Å². The van der Waals surface area contributed by atoms with Crippen LogP contribution in [0.4, 0.5) is 13.2 Å². The van der Waals surface area contributed by atoms with Crippen LogP contribution in [0.15, 0.2) is 12.2 Å². The Kier molecular flexibility index (Phi) is 7.75. The van der Waals surface area contributed by atoms with Crippen LogP contribution in [0.1, 0.15) is 13.3 Å². The van der Waals surface area contributed by atoms with Crippen LogP contribution in [0, 0.1) is 0 Å². The summed E-state index contributed by atoms with van der Waals surface area (Å²) in [6.45, 7) is 2.08. The number of alkyl halides is 3. The maximum atomic E-state index is 11.6. The first-order chi connectivity index (χ1) is 6.06. The predicted molar refractivity (Wildman–Crippen MR) is 55.3 cm³/mol. The lowest BCUT2D eigenvalue weighted by molar-refractivity contribution is -0.0326.